The van der Waals surface area contributed by atoms with E-state index in [0.29, 0.717) is 17.9 Å². The molecule has 0 radical (unpaired) electrons. The van der Waals surface area contributed by atoms with Crippen molar-refractivity contribution in [2.45, 2.75) is 13.5 Å². The topological polar surface area (TPSA) is 67.4 Å². The van der Waals surface area contributed by atoms with Gasteiger partial charge in [-0.1, -0.05) is 45.8 Å². The van der Waals surface area contributed by atoms with Crippen molar-refractivity contribution in [3.8, 4) is 5.75 Å². The van der Waals surface area contributed by atoms with Crippen molar-refractivity contribution < 1.29 is 14.3 Å². The lowest BCUT2D eigenvalue weighted by Gasteiger charge is -2.11. The van der Waals surface area contributed by atoms with E-state index in [-0.39, 0.29) is 5.70 Å². The third-order valence-corrected chi connectivity index (χ3v) is 3.96. The van der Waals surface area contributed by atoms with E-state index in [1.54, 1.807) is 6.08 Å². The monoisotopic (exact) mass is 386 g/mol. The van der Waals surface area contributed by atoms with E-state index in [1.165, 1.54) is 5.56 Å². The van der Waals surface area contributed by atoms with Gasteiger partial charge in [0.25, 0.3) is 5.91 Å². The van der Waals surface area contributed by atoms with Crippen LogP contribution in [-0.4, -0.2) is 11.9 Å². The molecule has 3 amide bonds. The molecule has 1 saturated heterocycles. The van der Waals surface area contributed by atoms with Crippen LogP contribution in [0.1, 0.15) is 16.7 Å². The standard InChI is InChI=1S/C18H15BrN2O3/c1-11-3-2-4-12(7-11)10-24-16-6-5-14(19)8-13(16)9-15-17(22)21-18(23)20-15/h2-9H,10H2,1H3,(H2,20,21,22,23)/b15-9+. The van der Waals surface area contributed by atoms with E-state index < -0.39 is 11.9 Å². The van der Waals surface area contributed by atoms with E-state index >= 15 is 0 Å². The number of halogens is 1. The van der Waals surface area contributed by atoms with Gasteiger partial charge in [0, 0.05) is 10.0 Å². The number of ether oxygens (including phenoxy) is 1. The summed E-state index contributed by atoms with van der Waals surface area (Å²) in [6, 6.07) is 13.1. The molecule has 1 heterocycles. The van der Waals surface area contributed by atoms with E-state index in [9.17, 15) is 9.59 Å². The summed E-state index contributed by atoms with van der Waals surface area (Å²) >= 11 is 3.41. The number of aryl methyl sites for hydroxylation is 1. The first-order valence-corrected chi connectivity index (χ1v) is 8.12. The van der Waals surface area contributed by atoms with Gasteiger partial charge in [-0.3, -0.25) is 10.1 Å². The van der Waals surface area contributed by atoms with Gasteiger partial charge in [0.1, 0.15) is 18.1 Å². The zero-order chi connectivity index (χ0) is 17.1. The fourth-order valence-electron chi connectivity index (χ4n) is 2.36. The number of carbonyl (C=O) groups is 2. The van der Waals surface area contributed by atoms with Crippen molar-refractivity contribution in [1.82, 2.24) is 10.6 Å². The molecule has 0 aliphatic carbocycles. The normalized spacial score (nSPS) is 15.3. The number of benzene rings is 2. The van der Waals surface area contributed by atoms with Gasteiger partial charge in [-0.05, 0) is 36.8 Å². The average molecular weight is 387 g/mol. The highest BCUT2D eigenvalue weighted by atomic mass is 79.9. The summed E-state index contributed by atoms with van der Waals surface area (Å²) in [6.45, 7) is 2.44. The maximum atomic E-state index is 11.7. The minimum absolute atomic E-state index is 0.193. The lowest BCUT2D eigenvalue weighted by Crippen LogP contribution is -2.22. The van der Waals surface area contributed by atoms with Gasteiger partial charge in [-0.2, -0.15) is 0 Å². The minimum Gasteiger partial charge on any atom is -0.488 e. The number of hydrogen-bond acceptors (Lipinski definition) is 3. The molecular formula is C18H15BrN2O3. The predicted octanol–water partition coefficient (Wildman–Crippen LogP) is 3.52. The summed E-state index contributed by atoms with van der Waals surface area (Å²) in [6.07, 6.45) is 1.59. The Hall–Kier alpha value is -2.60. The third-order valence-electron chi connectivity index (χ3n) is 3.47. The molecule has 3 rings (SSSR count). The van der Waals surface area contributed by atoms with E-state index in [1.807, 2.05) is 43.3 Å². The number of carbonyl (C=O) groups excluding carboxylic acids is 2. The minimum atomic E-state index is -0.525. The maximum absolute atomic E-state index is 11.7. The molecule has 1 fully saturated rings. The molecule has 5 nitrogen and oxygen atoms in total. The molecule has 122 valence electrons. The van der Waals surface area contributed by atoms with Gasteiger partial charge in [0.05, 0.1) is 0 Å². The Balaban J connectivity index is 1.84. The highest BCUT2D eigenvalue weighted by Gasteiger charge is 2.23. The summed E-state index contributed by atoms with van der Waals surface area (Å²) in [4.78, 5) is 22.9. The molecule has 6 heteroatoms. The number of imide groups is 1. The Kier molecular flexibility index (Phi) is 4.66. The Morgan fingerprint density at radius 3 is 2.67 bits per heavy atom. The molecule has 0 bridgehead atoms. The molecule has 0 atom stereocenters. The molecule has 0 spiro atoms. The molecule has 1 aliphatic heterocycles. The average Bonchev–Trinajstić information content (AvgIpc) is 2.84. The number of nitrogens with one attached hydrogen (secondary N) is 2. The molecule has 0 aromatic heterocycles. The fraction of sp³-hybridized carbons (Fsp3) is 0.111. The van der Waals surface area contributed by atoms with Crippen LogP contribution in [0, 0.1) is 6.92 Å². The zero-order valence-electron chi connectivity index (χ0n) is 12.9. The first kappa shape index (κ1) is 16.3. The Labute approximate surface area is 147 Å². The van der Waals surface area contributed by atoms with E-state index in [4.69, 9.17) is 4.74 Å². The van der Waals surface area contributed by atoms with Crippen LogP contribution in [0.2, 0.25) is 0 Å². The van der Waals surface area contributed by atoms with Gasteiger partial charge >= 0.3 is 6.03 Å². The quantitative estimate of drug-likeness (QED) is 0.623. The molecule has 2 aromatic carbocycles. The van der Waals surface area contributed by atoms with Crippen molar-refractivity contribution in [3.05, 3.63) is 69.3 Å². The molecular weight excluding hydrogens is 372 g/mol. The SMILES string of the molecule is Cc1cccc(COc2ccc(Br)cc2/C=C2/NC(=O)NC2=O)c1. The number of amides is 3. The van der Waals surface area contributed by atoms with Gasteiger partial charge in [0.2, 0.25) is 0 Å². The van der Waals surface area contributed by atoms with Crippen LogP contribution in [0.15, 0.2) is 52.6 Å². The highest BCUT2D eigenvalue weighted by Crippen LogP contribution is 2.26. The van der Waals surface area contributed by atoms with Crippen LogP contribution in [0.4, 0.5) is 4.79 Å². The summed E-state index contributed by atoms with van der Waals surface area (Å²) in [7, 11) is 0. The summed E-state index contributed by atoms with van der Waals surface area (Å²) in [5.41, 5.74) is 3.12. The second kappa shape index (κ2) is 6.88. The van der Waals surface area contributed by atoms with Crippen LogP contribution in [0.3, 0.4) is 0 Å². The zero-order valence-corrected chi connectivity index (χ0v) is 14.5. The van der Waals surface area contributed by atoms with Gasteiger partial charge in [-0.25, -0.2) is 4.79 Å². The number of hydrogen-bond donors (Lipinski definition) is 2. The summed E-state index contributed by atoms with van der Waals surface area (Å²) < 4.78 is 6.74. The van der Waals surface area contributed by atoms with Crippen molar-refractivity contribution in [3.63, 3.8) is 0 Å². The largest absolute Gasteiger partial charge is 0.488 e. The first-order valence-electron chi connectivity index (χ1n) is 7.33. The van der Waals surface area contributed by atoms with Crippen molar-refractivity contribution in [1.29, 1.82) is 0 Å². The van der Waals surface area contributed by atoms with Crippen molar-refractivity contribution in [2.75, 3.05) is 0 Å². The van der Waals surface area contributed by atoms with Crippen molar-refractivity contribution in [2.24, 2.45) is 0 Å². The van der Waals surface area contributed by atoms with Crippen LogP contribution in [-0.2, 0) is 11.4 Å². The molecule has 0 unspecified atom stereocenters. The van der Waals surface area contributed by atoms with Gasteiger partial charge in [-0.15, -0.1) is 0 Å². The van der Waals surface area contributed by atoms with Crippen LogP contribution in [0.5, 0.6) is 5.75 Å². The summed E-state index contributed by atoms with van der Waals surface area (Å²) in [5, 5.41) is 4.65. The molecule has 2 N–H and O–H groups in total. The third kappa shape index (κ3) is 3.83. The second-order valence-electron chi connectivity index (χ2n) is 5.43. The van der Waals surface area contributed by atoms with Crippen LogP contribution < -0.4 is 15.4 Å². The Morgan fingerprint density at radius 2 is 1.96 bits per heavy atom. The molecule has 0 saturated carbocycles. The smallest absolute Gasteiger partial charge is 0.326 e. The lowest BCUT2D eigenvalue weighted by molar-refractivity contribution is -0.115. The van der Waals surface area contributed by atoms with E-state index in [0.717, 1.165) is 10.0 Å². The Morgan fingerprint density at radius 1 is 1.12 bits per heavy atom. The van der Waals surface area contributed by atoms with Crippen molar-refractivity contribution >= 4 is 33.9 Å². The van der Waals surface area contributed by atoms with E-state index in [2.05, 4.69) is 32.6 Å². The first-order chi connectivity index (χ1) is 11.5. The molecule has 24 heavy (non-hydrogen) atoms. The molecule has 2 aromatic rings. The predicted molar refractivity (Wildman–Crippen MR) is 94.3 cm³/mol. The maximum Gasteiger partial charge on any atom is 0.326 e. The second-order valence-corrected chi connectivity index (χ2v) is 6.34. The number of urea groups is 1. The number of rotatable bonds is 4. The summed E-state index contributed by atoms with van der Waals surface area (Å²) in [5.74, 6) is 0.172. The van der Waals surface area contributed by atoms with Crippen LogP contribution >= 0.6 is 15.9 Å². The lowest BCUT2D eigenvalue weighted by atomic mass is 10.1. The highest BCUT2D eigenvalue weighted by molar-refractivity contribution is 9.10. The van der Waals surface area contributed by atoms with Crippen LogP contribution in [0.25, 0.3) is 6.08 Å². The Bertz CT molecular complexity index is 846. The molecule has 1 aliphatic rings. The fourth-order valence-corrected chi connectivity index (χ4v) is 2.74. The van der Waals surface area contributed by atoms with Gasteiger partial charge < -0.3 is 10.1 Å². The van der Waals surface area contributed by atoms with Gasteiger partial charge in [0.15, 0.2) is 0 Å².